The predicted molar refractivity (Wildman–Crippen MR) is 115 cm³/mol. The molecule has 0 spiro atoms. The number of nitrogens with one attached hydrogen (secondary N) is 1. The summed E-state index contributed by atoms with van der Waals surface area (Å²) in [6.07, 6.45) is 2.84. The number of hydrogen-bond acceptors (Lipinski definition) is 8. The molecule has 1 unspecified atom stereocenters. The van der Waals surface area contributed by atoms with E-state index in [-0.39, 0.29) is 33.8 Å². The lowest BCUT2D eigenvalue weighted by Crippen LogP contribution is -2.37. The molecule has 0 bridgehead atoms. The van der Waals surface area contributed by atoms with E-state index in [0.717, 1.165) is 23.7 Å². The molecule has 1 atom stereocenters. The summed E-state index contributed by atoms with van der Waals surface area (Å²) in [5, 5.41) is 6.42. The second-order valence-corrected chi connectivity index (χ2v) is 8.73. The number of halogens is 4. The first-order valence-corrected chi connectivity index (χ1v) is 10.6. The van der Waals surface area contributed by atoms with E-state index in [1.165, 1.54) is 15.8 Å². The first-order valence-electron chi connectivity index (χ1n) is 9.83. The number of pyridine rings is 1. The minimum absolute atomic E-state index is 0.0733. The Morgan fingerprint density at radius 2 is 1.97 bits per heavy atom. The molecule has 3 aromatic rings. The van der Waals surface area contributed by atoms with Crippen molar-refractivity contribution in [1.29, 1.82) is 0 Å². The summed E-state index contributed by atoms with van der Waals surface area (Å²) in [6.45, 7) is -0.352. The number of rotatable bonds is 4. The molecule has 176 valence electrons. The van der Waals surface area contributed by atoms with E-state index in [0.29, 0.717) is 6.42 Å². The van der Waals surface area contributed by atoms with Crippen LogP contribution in [-0.4, -0.2) is 50.7 Å². The number of nitrogens with two attached hydrogens (primary N) is 2. The molecule has 0 radical (unpaired) electrons. The maximum atomic E-state index is 14.3. The van der Waals surface area contributed by atoms with Gasteiger partial charge < -0.3 is 21.7 Å². The van der Waals surface area contributed by atoms with Crippen LogP contribution >= 0.6 is 11.3 Å². The van der Waals surface area contributed by atoms with Gasteiger partial charge >= 0.3 is 0 Å². The molecule has 3 aromatic heterocycles. The molecule has 4 heterocycles. The van der Waals surface area contributed by atoms with Gasteiger partial charge in [0.25, 0.3) is 11.8 Å². The number of hydrogen-bond donors (Lipinski definition) is 3. The topological polar surface area (TPSA) is 128 Å². The van der Waals surface area contributed by atoms with Crippen molar-refractivity contribution in [3.05, 3.63) is 35.9 Å². The van der Waals surface area contributed by atoms with Gasteiger partial charge in [0.2, 0.25) is 0 Å². The largest absolute Gasteiger partial charge is 0.389 e. The van der Waals surface area contributed by atoms with Gasteiger partial charge in [0.1, 0.15) is 15.7 Å². The number of nitrogens with zero attached hydrogens (tertiary/aromatic N) is 5. The minimum atomic E-state index is -3.02. The molecule has 1 fully saturated rings. The molecular formula is C19H20F4N8OS. The Labute approximate surface area is 189 Å². The number of amides is 1. The minimum Gasteiger partial charge on any atom is -0.389 e. The summed E-state index contributed by atoms with van der Waals surface area (Å²) < 4.78 is 58.1. The maximum absolute atomic E-state index is 14.3. The number of nitrogen functional groups attached to an aromatic ring is 1. The third kappa shape index (κ3) is 4.61. The number of anilines is 3. The molecule has 9 nitrogen and oxygen atoms in total. The first kappa shape index (κ1) is 22.9. The van der Waals surface area contributed by atoms with E-state index in [2.05, 4.69) is 20.4 Å². The average Bonchev–Trinajstić information content (AvgIpc) is 3.23. The molecule has 5 N–H and O–H groups in total. The number of thiazole rings is 1. The molecule has 0 aliphatic carbocycles. The third-order valence-electron chi connectivity index (χ3n) is 5.14. The van der Waals surface area contributed by atoms with Crippen LogP contribution in [0.25, 0.3) is 10.6 Å². The van der Waals surface area contributed by atoms with Gasteiger partial charge in [0, 0.05) is 26.1 Å². The van der Waals surface area contributed by atoms with Crippen LogP contribution in [0.3, 0.4) is 0 Å². The Balaban J connectivity index is 1.62. The highest BCUT2D eigenvalue weighted by atomic mass is 32.1. The second kappa shape index (κ2) is 8.59. The number of aryl methyl sites for hydroxylation is 1. The quantitative estimate of drug-likeness (QED) is 0.486. The molecule has 0 saturated carbocycles. The number of carbonyl (C=O) groups is 1. The van der Waals surface area contributed by atoms with Crippen molar-refractivity contribution in [2.45, 2.75) is 24.8 Å². The molecule has 0 aromatic carbocycles. The van der Waals surface area contributed by atoms with Crippen molar-refractivity contribution in [2.75, 3.05) is 29.0 Å². The van der Waals surface area contributed by atoms with Crippen molar-refractivity contribution in [3.63, 3.8) is 0 Å². The summed E-state index contributed by atoms with van der Waals surface area (Å²) in [5.74, 6) is -5.44. The predicted octanol–water partition coefficient (Wildman–Crippen LogP) is 2.61. The van der Waals surface area contributed by atoms with Crippen LogP contribution in [0, 0.1) is 11.6 Å². The van der Waals surface area contributed by atoms with Gasteiger partial charge in [-0.05, 0) is 6.42 Å². The highest BCUT2D eigenvalue weighted by Gasteiger charge is 2.38. The van der Waals surface area contributed by atoms with Crippen molar-refractivity contribution < 1.29 is 22.4 Å². The van der Waals surface area contributed by atoms with Gasteiger partial charge in [0.05, 0.1) is 30.7 Å². The summed E-state index contributed by atoms with van der Waals surface area (Å²) >= 11 is 0.729. The molecule has 1 amide bonds. The molecule has 1 saturated heterocycles. The third-order valence-corrected chi connectivity index (χ3v) is 6.05. The van der Waals surface area contributed by atoms with Crippen LogP contribution in [0.5, 0.6) is 0 Å². The summed E-state index contributed by atoms with van der Waals surface area (Å²) in [5.41, 5.74) is 11.1. The van der Waals surface area contributed by atoms with Crippen LogP contribution in [0.15, 0.2) is 18.6 Å². The van der Waals surface area contributed by atoms with Crippen molar-refractivity contribution in [2.24, 2.45) is 12.8 Å². The standard InChI is InChI=1S/C19H20F4N8OS/c1-30-18(31-3-2-9(24)4-19(22,23)8-31)12(7-27-30)28-16(32)14-15(25)33-17(29-14)13-10(20)5-26-6-11(13)21/h5-7,9H,2-4,8,24-25H2,1H3,(H,28,32). The SMILES string of the molecule is Cn1ncc(NC(=O)c2nc(-c3c(F)cncc3F)sc2N)c1N1CCC(N)CC(F)(F)C1. The van der Waals surface area contributed by atoms with Crippen molar-refractivity contribution in [3.8, 4) is 10.6 Å². The Morgan fingerprint density at radius 3 is 2.67 bits per heavy atom. The monoisotopic (exact) mass is 484 g/mol. The number of carbonyl (C=O) groups excluding carboxylic acids is 1. The Bertz CT molecular complexity index is 1180. The van der Waals surface area contributed by atoms with Gasteiger partial charge in [-0.1, -0.05) is 11.3 Å². The van der Waals surface area contributed by atoms with E-state index >= 15 is 0 Å². The molecule has 4 rings (SSSR count). The van der Waals surface area contributed by atoms with E-state index in [4.69, 9.17) is 11.5 Å². The zero-order chi connectivity index (χ0) is 23.9. The molecule has 14 heteroatoms. The van der Waals surface area contributed by atoms with Crippen LogP contribution in [0.4, 0.5) is 34.1 Å². The number of aromatic nitrogens is 4. The van der Waals surface area contributed by atoms with Gasteiger partial charge in [-0.25, -0.2) is 22.5 Å². The van der Waals surface area contributed by atoms with Gasteiger partial charge in [-0.3, -0.25) is 14.5 Å². The average molecular weight is 484 g/mol. The van der Waals surface area contributed by atoms with Gasteiger partial charge in [0.15, 0.2) is 23.1 Å². The normalized spacial score (nSPS) is 18.2. The highest BCUT2D eigenvalue weighted by molar-refractivity contribution is 7.19. The summed E-state index contributed by atoms with van der Waals surface area (Å²) in [7, 11) is 1.55. The zero-order valence-corrected chi connectivity index (χ0v) is 18.2. The van der Waals surface area contributed by atoms with Gasteiger partial charge in [-0.15, -0.1) is 0 Å². The highest BCUT2D eigenvalue weighted by Crippen LogP contribution is 2.35. The second-order valence-electron chi connectivity index (χ2n) is 7.70. The molecule has 33 heavy (non-hydrogen) atoms. The van der Waals surface area contributed by atoms with Crippen LogP contribution in [0.2, 0.25) is 0 Å². The molecular weight excluding hydrogens is 464 g/mol. The van der Waals surface area contributed by atoms with Crippen LogP contribution in [0.1, 0.15) is 23.3 Å². The van der Waals surface area contributed by atoms with E-state index in [1.807, 2.05) is 0 Å². The number of alkyl halides is 2. The maximum Gasteiger partial charge on any atom is 0.277 e. The van der Waals surface area contributed by atoms with E-state index in [1.54, 1.807) is 7.05 Å². The van der Waals surface area contributed by atoms with Gasteiger partial charge in [-0.2, -0.15) is 5.10 Å². The fourth-order valence-corrected chi connectivity index (χ4v) is 4.58. The molecule has 1 aliphatic heterocycles. The fraction of sp³-hybridized carbons (Fsp3) is 0.368. The zero-order valence-electron chi connectivity index (χ0n) is 17.4. The first-order chi connectivity index (χ1) is 15.6. The summed E-state index contributed by atoms with van der Waals surface area (Å²) in [4.78, 5) is 21.7. The fourth-order valence-electron chi connectivity index (χ4n) is 3.70. The smallest absolute Gasteiger partial charge is 0.277 e. The Kier molecular flexibility index (Phi) is 5.97. The molecule has 1 aliphatic rings. The lowest BCUT2D eigenvalue weighted by atomic mass is 10.1. The Morgan fingerprint density at radius 1 is 1.27 bits per heavy atom. The van der Waals surface area contributed by atoms with E-state index < -0.39 is 48.0 Å². The lowest BCUT2D eigenvalue weighted by Gasteiger charge is -2.26. The summed E-state index contributed by atoms with van der Waals surface area (Å²) in [6, 6.07) is -0.654. The van der Waals surface area contributed by atoms with Crippen molar-refractivity contribution >= 4 is 33.8 Å². The van der Waals surface area contributed by atoms with Crippen molar-refractivity contribution in [1.82, 2.24) is 19.7 Å². The van der Waals surface area contributed by atoms with E-state index in [9.17, 15) is 22.4 Å². The van der Waals surface area contributed by atoms with Crippen LogP contribution < -0.4 is 21.7 Å². The Hall–Kier alpha value is -3.26. The lowest BCUT2D eigenvalue weighted by molar-refractivity contribution is -0.000527. The van der Waals surface area contributed by atoms with Crippen LogP contribution in [-0.2, 0) is 7.05 Å².